The Balaban J connectivity index is 1.63. The number of ether oxygens (including phenoxy) is 3. The standard InChI is InChI=1S/C21H23ClN2O5/c1-12(2)20(13-3-6-17-18(9-13)28-8-7-27-17)24-19(25)11-29-21(26)15-5-4-14(22)10-16(15)23/h3-6,9-10,12,20H,7-8,11,23H2,1-2H3,(H,24,25). The van der Waals surface area contributed by atoms with Crippen LogP contribution in [0.3, 0.4) is 0 Å². The van der Waals surface area contributed by atoms with Crippen molar-refractivity contribution in [1.29, 1.82) is 0 Å². The molecular weight excluding hydrogens is 396 g/mol. The van der Waals surface area contributed by atoms with Crippen LogP contribution in [-0.4, -0.2) is 31.7 Å². The lowest BCUT2D eigenvalue weighted by Crippen LogP contribution is -2.35. The molecule has 8 heteroatoms. The highest BCUT2D eigenvalue weighted by molar-refractivity contribution is 6.31. The van der Waals surface area contributed by atoms with Gasteiger partial charge in [0.05, 0.1) is 11.6 Å². The van der Waals surface area contributed by atoms with Crippen LogP contribution < -0.4 is 20.5 Å². The number of nitrogens with one attached hydrogen (secondary N) is 1. The summed E-state index contributed by atoms with van der Waals surface area (Å²) in [7, 11) is 0. The summed E-state index contributed by atoms with van der Waals surface area (Å²) in [5, 5.41) is 3.32. The topological polar surface area (TPSA) is 99.9 Å². The first kappa shape index (κ1) is 20.8. The number of hydrogen-bond donors (Lipinski definition) is 2. The van der Waals surface area contributed by atoms with Crippen molar-refractivity contribution in [2.45, 2.75) is 19.9 Å². The number of nitrogens with two attached hydrogens (primary N) is 1. The average molecular weight is 419 g/mol. The Morgan fingerprint density at radius 3 is 2.55 bits per heavy atom. The zero-order chi connectivity index (χ0) is 21.0. The van der Waals surface area contributed by atoms with Gasteiger partial charge in [0.2, 0.25) is 0 Å². The first-order valence-electron chi connectivity index (χ1n) is 9.26. The molecule has 0 bridgehead atoms. The number of rotatable bonds is 6. The molecule has 0 fully saturated rings. The summed E-state index contributed by atoms with van der Waals surface area (Å²) in [5.74, 6) is 0.333. The SMILES string of the molecule is CC(C)C(NC(=O)COC(=O)c1ccc(Cl)cc1N)c1ccc2c(c1)OCCO2. The molecule has 0 aromatic heterocycles. The lowest BCUT2D eigenvalue weighted by atomic mass is 9.95. The molecule has 1 unspecified atom stereocenters. The van der Waals surface area contributed by atoms with E-state index in [4.69, 9.17) is 31.5 Å². The van der Waals surface area contributed by atoms with Crippen LogP contribution in [0.5, 0.6) is 11.5 Å². The second-order valence-electron chi connectivity index (χ2n) is 7.00. The van der Waals surface area contributed by atoms with E-state index < -0.39 is 18.5 Å². The van der Waals surface area contributed by atoms with E-state index in [-0.39, 0.29) is 23.2 Å². The quantitative estimate of drug-likeness (QED) is 0.551. The molecule has 2 aromatic rings. The molecule has 3 N–H and O–H groups in total. The van der Waals surface area contributed by atoms with Crippen LogP contribution in [0.25, 0.3) is 0 Å². The minimum atomic E-state index is -0.685. The Hall–Kier alpha value is -2.93. The molecule has 3 rings (SSSR count). The van der Waals surface area contributed by atoms with Gasteiger partial charge in [-0.2, -0.15) is 0 Å². The van der Waals surface area contributed by atoms with Crippen LogP contribution in [0.1, 0.15) is 35.8 Å². The van der Waals surface area contributed by atoms with Crippen molar-refractivity contribution in [3.05, 3.63) is 52.5 Å². The molecule has 0 saturated carbocycles. The number of nitrogen functional groups attached to an aromatic ring is 1. The summed E-state index contributed by atoms with van der Waals surface area (Å²) in [4.78, 5) is 24.6. The molecule has 0 radical (unpaired) electrons. The van der Waals surface area contributed by atoms with Crippen molar-refractivity contribution < 1.29 is 23.8 Å². The number of amides is 1. The number of fused-ring (bicyclic) bond motifs is 1. The molecule has 1 aliphatic rings. The summed E-state index contributed by atoms with van der Waals surface area (Å²) >= 11 is 5.83. The van der Waals surface area contributed by atoms with E-state index in [1.807, 2.05) is 32.0 Å². The Labute approximate surface area is 174 Å². The number of carbonyl (C=O) groups excluding carboxylic acids is 2. The van der Waals surface area contributed by atoms with Crippen molar-refractivity contribution in [3.8, 4) is 11.5 Å². The molecule has 154 valence electrons. The smallest absolute Gasteiger partial charge is 0.340 e. The lowest BCUT2D eigenvalue weighted by molar-refractivity contribution is -0.125. The normalized spacial score (nSPS) is 13.7. The fraction of sp³-hybridized carbons (Fsp3) is 0.333. The Morgan fingerprint density at radius 1 is 1.14 bits per heavy atom. The van der Waals surface area contributed by atoms with Crippen LogP contribution in [0.2, 0.25) is 5.02 Å². The zero-order valence-electron chi connectivity index (χ0n) is 16.2. The maximum Gasteiger partial charge on any atom is 0.340 e. The minimum Gasteiger partial charge on any atom is -0.486 e. The maximum atomic E-state index is 12.4. The summed E-state index contributed by atoms with van der Waals surface area (Å²) < 4.78 is 16.3. The predicted molar refractivity (Wildman–Crippen MR) is 109 cm³/mol. The largest absolute Gasteiger partial charge is 0.486 e. The number of esters is 1. The van der Waals surface area contributed by atoms with E-state index in [1.54, 1.807) is 0 Å². The van der Waals surface area contributed by atoms with Gasteiger partial charge in [0.15, 0.2) is 18.1 Å². The third-order valence-corrected chi connectivity index (χ3v) is 4.71. The van der Waals surface area contributed by atoms with Crippen LogP contribution in [0.4, 0.5) is 5.69 Å². The highest BCUT2D eigenvalue weighted by atomic mass is 35.5. The molecule has 29 heavy (non-hydrogen) atoms. The van der Waals surface area contributed by atoms with Crippen molar-refractivity contribution in [2.75, 3.05) is 25.6 Å². The van der Waals surface area contributed by atoms with Crippen molar-refractivity contribution in [1.82, 2.24) is 5.32 Å². The van der Waals surface area contributed by atoms with Crippen molar-refractivity contribution >= 4 is 29.2 Å². The van der Waals surface area contributed by atoms with Crippen molar-refractivity contribution in [3.63, 3.8) is 0 Å². The molecule has 7 nitrogen and oxygen atoms in total. The van der Waals surface area contributed by atoms with E-state index >= 15 is 0 Å². The molecular formula is C21H23ClN2O5. The summed E-state index contributed by atoms with van der Waals surface area (Å²) in [6.07, 6.45) is 0. The first-order chi connectivity index (χ1) is 13.8. The van der Waals surface area contributed by atoms with Gasteiger partial charge in [-0.15, -0.1) is 0 Å². The molecule has 0 spiro atoms. The zero-order valence-corrected chi connectivity index (χ0v) is 17.0. The van der Waals surface area contributed by atoms with Gasteiger partial charge in [-0.05, 0) is 41.8 Å². The molecule has 1 heterocycles. The third kappa shape index (κ3) is 5.12. The molecule has 1 aliphatic heterocycles. The van der Waals surface area contributed by atoms with E-state index in [2.05, 4.69) is 5.32 Å². The average Bonchev–Trinajstić information content (AvgIpc) is 2.69. The van der Waals surface area contributed by atoms with E-state index in [1.165, 1.54) is 18.2 Å². The van der Waals surface area contributed by atoms with E-state index in [0.717, 1.165) is 5.56 Å². The van der Waals surface area contributed by atoms with Gasteiger partial charge < -0.3 is 25.3 Å². The maximum absolute atomic E-state index is 12.4. The minimum absolute atomic E-state index is 0.101. The lowest BCUT2D eigenvalue weighted by Gasteiger charge is -2.25. The second kappa shape index (κ2) is 9.05. The summed E-state index contributed by atoms with van der Waals surface area (Å²) in [6, 6.07) is 9.75. The molecule has 1 amide bonds. The highest BCUT2D eigenvalue weighted by Crippen LogP contribution is 2.34. The highest BCUT2D eigenvalue weighted by Gasteiger charge is 2.22. The number of hydrogen-bond acceptors (Lipinski definition) is 6. The summed E-state index contributed by atoms with van der Waals surface area (Å²) in [5.41, 5.74) is 7.01. The fourth-order valence-corrected chi connectivity index (χ4v) is 3.21. The Kier molecular flexibility index (Phi) is 6.49. The number of benzene rings is 2. The Bertz CT molecular complexity index is 916. The van der Waals surface area contributed by atoms with Gasteiger partial charge in [-0.25, -0.2) is 4.79 Å². The molecule has 0 saturated heterocycles. The first-order valence-corrected chi connectivity index (χ1v) is 9.64. The molecule has 1 atom stereocenters. The van der Waals surface area contributed by atoms with E-state index in [9.17, 15) is 9.59 Å². The van der Waals surface area contributed by atoms with Crippen LogP contribution in [-0.2, 0) is 9.53 Å². The molecule has 0 aliphatic carbocycles. The number of halogens is 1. The number of anilines is 1. The van der Waals surface area contributed by atoms with Gasteiger partial charge in [0.25, 0.3) is 5.91 Å². The van der Waals surface area contributed by atoms with E-state index in [0.29, 0.717) is 29.7 Å². The van der Waals surface area contributed by atoms with Crippen LogP contribution >= 0.6 is 11.6 Å². The van der Waals surface area contributed by atoms with Gasteiger partial charge in [-0.1, -0.05) is 31.5 Å². The summed E-state index contributed by atoms with van der Waals surface area (Å²) in [6.45, 7) is 4.55. The number of carbonyl (C=O) groups is 2. The predicted octanol–water partition coefficient (Wildman–Crippen LogP) is 3.36. The molecule has 2 aromatic carbocycles. The van der Waals surface area contributed by atoms with Gasteiger partial charge in [-0.3, -0.25) is 4.79 Å². The van der Waals surface area contributed by atoms with Crippen molar-refractivity contribution in [2.24, 2.45) is 5.92 Å². The van der Waals surface area contributed by atoms with Gasteiger partial charge >= 0.3 is 5.97 Å². The van der Waals surface area contributed by atoms with Crippen LogP contribution in [0, 0.1) is 5.92 Å². The fourth-order valence-electron chi connectivity index (χ4n) is 3.03. The Morgan fingerprint density at radius 2 is 1.86 bits per heavy atom. The van der Waals surface area contributed by atoms with Crippen LogP contribution in [0.15, 0.2) is 36.4 Å². The van der Waals surface area contributed by atoms with Gasteiger partial charge in [0, 0.05) is 10.7 Å². The monoisotopic (exact) mass is 418 g/mol. The van der Waals surface area contributed by atoms with Gasteiger partial charge in [0.1, 0.15) is 13.2 Å². The third-order valence-electron chi connectivity index (χ3n) is 4.48. The second-order valence-corrected chi connectivity index (χ2v) is 7.44.